The normalized spacial score (nSPS) is 12.1. The first-order chi connectivity index (χ1) is 6.77. The molecule has 0 fully saturated rings. The van der Waals surface area contributed by atoms with Crippen LogP contribution in [0.25, 0.3) is 0 Å². The molecule has 0 aromatic rings. The molecule has 84 valence electrons. The molecule has 0 spiro atoms. The second-order valence-electron chi connectivity index (χ2n) is 3.76. The first-order valence-electron chi connectivity index (χ1n) is 5.78. The molecule has 0 saturated carbocycles. The number of hydrogen-bond donors (Lipinski definition) is 0. The highest BCUT2D eigenvalue weighted by atomic mass is 35.5. The van der Waals surface area contributed by atoms with Crippen molar-refractivity contribution in [1.82, 2.24) is 0 Å². The Kier molecular flexibility index (Phi) is 11.0. The monoisotopic (exact) mass is 220 g/mol. The first kappa shape index (κ1) is 14.0. The highest BCUT2D eigenvalue weighted by Gasteiger charge is 1.91. The van der Waals surface area contributed by atoms with E-state index in [0.29, 0.717) is 0 Å². The topological polar surface area (TPSA) is 0 Å². The molecule has 0 aliphatic carbocycles. The second-order valence-corrected chi connectivity index (χ2v) is 4.12. The molecule has 0 aliphatic rings. The molecular weight excluding hydrogens is 199 g/mol. The summed E-state index contributed by atoms with van der Waals surface area (Å²) in [6.07, 6.45) is 12.5. The summed E-state index contributed by atoms with van der Waals surface area (Å²) in [6.45, 7) is 2.23. The molecule has 0 saturated heterocycles. The lowest BCUT2D eigenvalue weighted by Crippen LogP contribution is -1.79. The quantitative estimate of drug-likeness (QED) is 0.446. The van der Waals surface area contributed by atoms with E-state index in [-0.39, 0.29) is 0 Å². The van der Waals surface area contributed by atoms with Crippen LogP contribution in [0.1, 0.15) is 64.7 Å². The zero-order valence-electron chi connectivity index (χ0n) is 9.20. The van der Waals surface area contributed by atoms with Gasteiger partial charge in [-0.15, -0.1) is 0 Å². The fraction of sp³-hybridized carbons (Fsp3) is 0.833. The highest BCUT2D eigenvalue weighted by Crippen LogP contribution is 2.11. The Morgan fingerprint density at radius 3 is 2.00 bits per heavy atom. The summed E-state index contributed by atoms with van der Waals surface area (Å²) in [5.74, 6) is 0. The maximum Gasteiger partial charge on any atom is 0.185 e. The van der Waals surface area contributed by atoms with Crippen molar-refractivity contribution < 1.29 is 4.39 Å². The van der Waals surface area contributed by atoms with Crippen LogP contribution >= 0.6 is 11.6 Å². The lowest BCUT2D eigenvalue weighted by molar-refractivity contribution is 0.576. The van der Waals surface area contributed by atoms with Crippen LogP contribution < -0.4 is 0 Å². The Hall–Kier alpha value is -0.0400. The van der Waals surface area contributed by atoms with Crippen LogP contribution in [0, 0.1) is 0 Å². The summed E-state index contributed by atoms with van der Waals surface area (Å²) in [4.78, 5) is 0. The Morgan fingerprint density at radius 1 is 1.00 bits per heavy atom. The SMILES string of the molecule is CCCCCCCCCCC=C(F)Cl. The molecule has 0 atom stereocenters. The van der Waals surface area contributed by atoms with Crippen LogP contribution in [-0.4, -0.2) is 0 Å². The van der Waals surface area contributed by atoms with E-state index in [4.69, 9.17) is 11.6 Å². The largest absolute Gasteiger partial charge is 0.194 e. The van der Waals surface area contributed by atoms with Gasteiger partial charge in [0, 0.05) is 0 Å². The van der Waals surface area contributed by atoms with Gasteiger partial charge in [-0.25, -0.2) is 0 Å². The van der Waals surface area contributed by atoms with Gasteiger partial charge < -0.3 is 0 Å². The molecule has 0 aliphatic heterocycles. The maximum absolute atomic E-state index is 12.0. The van der Waals surface area contributed by atoms with Crippen LogP contribution in [0.3, 0.4) is 0 Å². The summed E-state index contributed by atoms with van der Waals surface area (Å²) >= 11 is 5.07. The van der Waals surface area contributed by atoms with Crippen LogP contribution in [0.15, 0.2) is 11.4 Å². The minimum atomic E-state index is -0.562. The number of rotatable bonds is 9. The predicted molar refractivity (Wildman–Crippen MR) is 62.3 cm³/mol. The average Bonchev–Trinajstić information content (AvgIpc) is 2.15. The average molecular weight is 221 g/mol. The number of allylic oxidation sites excluding steroid dienone is 1. The third-order valence-corrected chi connectivity index (χ3v) is 2.51. The van der Waals surface area contributed by atoms with Crippen molar-refractivity contribution in [3.63, 3.8) is 0 Å². The van der Waals surface area contributed by atoms with Gasteiger partial charge in [-0.2, -0.15) is 4.39 Å². The van der Waals surface area contributed by atoms with E-state index in [1.165, 1.54) is 51.0 Å². The summed E-state index contributed by atoms with van der Waals surface area (Å²) in [7, 11) is 0. The molecule has 0 radical (unpaired) electrons. The van der Waals surface area contributed by atoms with Crippen molar-refractivity contribution in [2.45, 2.75) is 64.7 Å². The van der Waals surface area contributed by atoms with Gasteiger partial charge in [0.25, 0.3) is 0 Å². The van der Waals surface area contributed by atoms with Gasteiger partial charge in [-0.05, 0) is 18.9 Å². The lowest BCUT2D eigenvalue weighted by atomic mass is 10.1. The lowest BCUT2D eigenvalue weighted by Gasteiger charge is -1.99. The standard InChI is InChI=1S/C12H22ClF/c1-2-3-4-5-6-7-8-9-10-11-12(13)14/h11H,2-10H2,1H3. The highest BCUT2D eigenvalue weighted by molar-refractivity contribution is 6.28. The van der Waals surface area contributed by atoms with Gasteiger partial charge in [0.2, 0.25) is 0 Å². The van der Waals surface area contributed by atoms with E-state index in [1.54, 1.807) is 0 Å². The summed E-state index contributed by atoms with van der Waals surface area (Å²) in [6, 6.07) is 0. The van der Waals surface area contributed by atoms with Gasteiger partial charge in [-0.1, -0.05) is 63.5 Å². The van der Waals surface area contributed by atoms with Gasteiger partial charge in [-0.3, -0.25) is 0 Å². The van der Waals surface area contributed by atoms with Gasteiger partial charge >= 0.3 is 0 Å². The molecule has 0 unspecified atom stereocenters. The molecule has 0 heterocycles. The maximum atomic E-state index is 12.0. The van der Waals surface area contributed by atoms with Gasteiger partial charge in [0.05, 0.1) is 0 Å². The fourth-order valence-electron chi connectivity index (χ4n) is 1.49. The zero-order chi connectivity index (χ0) is 10.6. The summed E-state index contributed by atoms with van der Waals surface area (Å²) in [5.41, 5.74) is 0. The molecule has 0 aromatic carbocycles. The third kappa shape index (κ3) is 12.0. The third-order valence-electron chi connectivity index (χ3n) is 2.36. The van der Waals surface area contributed by atoms with Crippen LogP contribution in [-0.2, 0) is 0 Å². The van der Waals surface area contributed by atoms with E-state index < -0.39 is 5.29 Å². The minimum Gasteiger partial charge on any atom is -0.194 e. The van der Waals surface area contributed by atoms with E-state index in [2.05, 4.69) is 6.92 Å². The second kappa shape index (κ2) is 11.0. The molecule has 0 N–H and O–H groups in total. The molecule has 0 bridgehead atoms. The number of unbranched alkanes of at least 4 members (excludes halogenated alkanes) is 8. The Balaban J connectivity index is 2.96. The van der Waals surface area contributed by atoms with Crippen molar-refractivity contribution in [2.75, 3.05) is 0 Å². The number of hydrogen-bond acceptors (Lipinski definition) is 0. The Labute approximate surface area is 92.5 Å². The van der Waals surface area contributed by atoms with Crippen LogP contribution in [0.2, 0.25) is 0 Å². The van der Waals surface area contributed by atoms with Crippen LogP contribution in [0.4, 0.5) is 4.39 Å². The van der Waals surface area contributed by atoms with E-state index in [1.807, 2.05) is 0 Å². The van der Waals surface area contributed by atoms with E-state index >= 15 is 0 Å². The molecule has 0 aromatic heterocycles. The zero-order valence-corrected chi connectivity index (χ0v) is 9.95. The van der Waals surface area contributed by atoms with Crippen molar-refractivity contribution in [3.05, 3.63) is 11.4 Å². The molecule has 2 heteroatoms. The molecular formula is C12H22ClF. The van der Waals surface area contributed by atoms with E-state index in [9.17, 15) is 4.39 Å². The fourth-order valence-corrected chi connectivity index (χ4v) is 1.60. The Bertz CT molecular complexity index is 139. The molecule has 0 amide bonds. The van der Waals surface area contributed by atoms with Gasteiger partial charge in [0.15, 0.2) is 5.29 Å². The van der Waals surface area contributed by atoms with Crippen molar-refractivity contribution >= 4 is 11.6 Å². The van der Waals surface area contributed by atoms with Crippen LogP contribution in [0.5, 0.6) is 0 Å². The van der Waals surface area contributed by atoms with Crippen molar-refractivity contribution in [1.29, 1.82) is 0 Å². The predicted octanol–water partition coefficient (Wildman–Crippen LogP) is 5.57. The minimum absolute atomic E-state index is 0.562. The molecule has 0 nitrogen and oxygen atoms in total. The van der Waals surface area contributed by atoms with E-state index in [0.717, 1.165) is 12.8 Å². The molecule has 14 heavy (non-hydrogen) atoms. The van der Waals surface area contributed by atoms with Crippen molar-refractivity contribution in [3.8, 4) is 0 Å². The first-order valence-corrected chi connectivity index (χ1v) is 6.16. The van der Waals surface area contributed by atoms with Gasteiger partial charge in [0.1, 0.15) is 0 Å². The smallest absolute Gasteiger partial charge is 0.185 e. The summed E-state index contributed by atoms with van der Waals surface area (Å²) in [5, 5.41) is -0.562. The number of halogens is 2. The van der Waals surface area contributed by atoms with Crippen molar-refractivity contribution in [2.24, 2.45) is 0 Å². The summed E-state index contributed by atoms with van der Waals surface area (Å²) < 4.78 is 12.0. The molecule has 0 rings (SSSR count). The Morgan fingerprint density at radius 2 is 1.50 bits per heavy atom.